The van der Waals surface area contributed by atoms with Crippen LogP contribution < -0.4 is 0 Å². The van der Waals surface area contributed by atoms with E-state index in [1.807, 2.05) is 39.8 Å². The molecule has 3 aromatic carbocycles. The fraction of sp³-hybridized carbons (Fsp3) is 0.167. The second kappa shape index (κ2) is 6.87. The Morgan fingerprint density at radius 1 is 0.538 bits per heavy atom. The molecule has 2 heteroatoms. The molecule has 0 fully saturated rings. The smallest absolute Gasteiger partial charge is 0.101 e. The van der Waals surface area contributed by atoms with Crippen LogP contribution >= 0.6 is 0 Å². The maximum Gasteiger partial charge on any atom is 0.101 e. The van der Waals surface area contributed by atoms with Gasteiger partial charge in [-0.25, -0.2) is 0 Å². The Kier molecular flexibility index (Phi) is 4.61. The van der Waals surface area contributed by atoms with E-state index in [0.717, 1.165) is 44.5 Å². The van der Waals surface area contributed by atoms with Crippen LogP contribution in [0.5, 0.6) is 0 Å². The summed E-state index contributed by atoms with van der Waals surface area (Å²) in [5.41, 5.74) is 9.00. The van der Waals surface area contributed by atoms with Crippen molar-refractivity contribution in [3.8, 4) is 34.4 Å². The van der Waals surface area contributed by atoms with Gasteiger partial charge in [0.1, 0.15) is 12.1 Å². The van der Waals surface area contributed by atoms with Gasteiger partial charge < -0.3 is 0 Å². The molecule has 0 radical (unpaired) electrons. The van der Waals surface area contributed by atoms with Crippen LogP contribution in [0, 0.1) is 50.4 Å². The monoisotopic (exact) mass is 336 g/mol. The van der Waals surface area contributed by atoms with Crippen LogP contribution in [0.2, 0.25) is 0 Å². The van der Waals surface area contributed by atoms with Crippen molar-refractivity contribution >= 4 is 0 Å². The quantitative estimate of drug-likeness (QED) is 0.576. The number of nitriles is 2. The summed E-state index contributed by atoms with van der Waals surface area (Å²) in [6.45, 7) is 8.16. The Hall–Kier alpha value is -3.36. The van der Waals surface area contributed by atoms with E-state index < -0.39 is 0 Å². The zero-order chi connectivity index (χ0) is 18.8. The predicted octanol–water partition coefficient (Wildman–Crippen LogP) is 6.00. The number of aryl methyl sites for hydroxylation is 4. The first kappa shape index (κ1) is 17.5. The molecule has 0 aliphatic rings. The molecule has 0 N–H and O–H groups in total. The number of rotatable bonds is 2. The molecule has 0 aliphatic heterocycles. The Morgan fingerprint density at radius 2 is 0.846 bits per heavy atom. The number of hydrogen-bond donors (Lipinski definition) is 0. The molecule has 3 aromatic rings. The van der Waals surface area contributed by atoms with Gasteiger partial charge in [0.25, 0.3) is 0 Å². The van der Waals surface area contributed by atoms with Gasteiger partial charge in [0.15, 0.2) is 0 Å². The third-order valence-electron chi connectivity index (χ3n) is 4.49. The van der Waals surface area contributed by atoms with Crippen molar-refractivity contribution < 1.29 is 0 Å². The average molecular weight is 336 g/mol. The van der Waals surface area contributed by atoms with Crippen molar-refractivity contribution in [2.75, 3.05) is 0 Å². The Bertz CT molecular complexity index is 963. The lowest BCUT2D eigenvalue weighted by molar-refractivity contribution is 1.36. The average Bonchev–Trinajstić information content (AvgIpc) is 2.58. The highest BCUT2D eigenvalue weighted by molar-refractivity contribution is 5.83. The van der Waals surface area contributed by atoms with Gasteiger partial charge in [0.2, 0.25) is 0 Å². The zero-order valence-corrected chi connectivity index (χ0v) is 15.5. The first-order chi connectivity index (χ1) is 12.4. The van der Waals surface area contributed by atoms with E-state index in [-0.39, 0.29) is 0 Å². The van der Waals surface area contributed by atoms with Crippen molar-refractivity contribution in [3.05, 3.63) is 81.9 Å². The Balaban J connectivity index is 2.29. The first-order valence-corrected chi connectivity index (χ1v) is 8.57. The Labute approximate surface area is 155 Å². The third-order valence-corrected chi connectivity index (χ3v) is 4.49. The summed E-state index contributed by atoms with van der Waals surface area (Å²) in [5.74, 6) is 0. The third kappa shape index (κ3) is 3.23. The minimum Gasteiger partial charge on any atom is -0.192 e. The lowest BCUT2D eigenvalue weighted by Gasteiger charge is -2.13. The summed E-state index contributed by atoms with van der Waals surface area (Å²) in [4.78, 5) is 0. The number of nitrogens with zero attached hydrogens (tertiary/aromatic N) is 2. The van der Waals surface area contributed by atoms with Crippen molar-refractivity contribution in [1.82, 2.24) is 0 Å². The molecule has 0 unspecified atom stereocenters. The van der Waals surface area contributed by atoms with Crippen molar-refractivity contribution in [2.45, 2.75) is 27.7 Å². The summed E-state index contributed by atoms with van der Waals surface area (Å²) in [7, 11) is 0. The van der Waals surface area contributed by atoms with Gasteiger partial charge in [-0.3, -0.25) is 0 Å². The fourth-order valence-electron chi connectivity index (χ4n) is 3.58. The van der Waals surface area contributed by atoms with Gasteiger partial charge in [-0.1, -0.05) is 70.8 Å². The SMILES string of the molecule is Cc1cc(C)cc(-c2ccc(-c3cc(C)cc(C)c3)c(C#N)c2C#N)c1. The van der Waals surface area contributed by atoms with Crippen LogP contribution in [0.1, 0.15) is 33.4 Å². The minimum atomic E-state index is 0.439. The molecule has 0 saturated heterocycles. The summed E-state index contributed by atoms with van der Waals surface area (Å²) in [6.07, 6.45) is 0. The van der Waals surface area contributed by atoms with Crippen LogP contribution in [-0.2, 0) is 0 Å². The van der Waals surface area contributed by atoms with Crippen LogP contribution in [0.4, 0.5) is 0 Å². The van der Waals surface area contributed by atoms with E-state index in [2.05, 4.69) is 48.5 Å². The molecular weight excluding hydrogens is 316 g/mol. The molecule has 3 rings (SSSR count). The van der Waals surface area contributed by atoms with Crippen molar-refractivity contribution in [3.63, 3.8) is 0 Å². The van der Waals surface area contributed by atoms with Crippen LogP contribution in [0.15, 0.2) is 48.5 Å². The number of benzene rings is 3. The molecule has 2 nitrogen and oxygen atoms in total. The maximum absolute atomic E-state index is 9.81. The Morgan fingerprint density at radius 3 is 1.12 bits per heavy atom. The molecule has 0 spiro atoms. The second-order valence-corrected chi connectivity index (χ2v) is 6.89. The lowest BCUT2D eigenvalue weighted by atomic mass is 9.88. The van der Waals surface area contributed by atoms with Gasteiger partial charge in [-0.15, -0.1) is 0 Å². The highest BCUT2D eigenvalue weighted by atomic mass is 14.3. The number of hydrogen-bond acceptors (Lipinski definition) is 2. The zero-order valence-electron chi connectivity index (χ0n) is 15.5. The van der Waals surface area contributed by atoms with Crippen LogP contribution in [-0.4, -0.2) is 0 Å². The standard InChI is InChI=1S/C24H20N2/c1-15-7-16(2)10-19(9-15)21-5-6-22(24(14-26)23(21)13-25)20-11-17(3)8-18(4)12-20/h5-12H,1-4H3. The van der Waals surface area contributed by atoms with Crippen molar-refractivity contribution in [1.29, 1.82) is 10.5 Å². The van der Waals surface area contributed by atoms with Gasteiger partial charge in [-0.2, -0.15) is 10.5 Å². The van der Waals surface area contributed by atoms with E-state index in [1.54, 1.807) is 0 Å². The fourth-order valence-corrected chi connectivity index (χ4v) is 3.58. The minimum absolute atomic E-state index is 0.439. The van der Waals surface area contributed by atoms with E-state index >= 15 is 0 Å². The molecule has 126 valence electrons. The molecule has 0 atom stereocenters. The largest absolute Gasteiger partial charge is 0.192 e. The molecular formula is C24H20N2. The van der Waals surface area contributed by atoms with Crippen LogP contribution in [0.3, 0.4) is 0 Å². The van der Waals surface area contributed by atoms with Gasteiger partial charge in [0, 0.05) is 11.1 Å². The summed E-state index contributed by atoms with van der Waals surface area (Å²) in [6, 6.07) is 20.9. The normalized spacial score (nSPS) is 10.2. The van der Waals surface area contributed by atoms with Gasteiger partial charge in [-0.05, 0) is 38.8 Å². The summed E-state index contributed by atoms with van der Waals surface area (Å²) >= 11 is 0. The topological polar surface area (TPSA) is 47.6 Å². The van der Waals surface area contributed by atoms with E-state index in [0.29, 0.717) is 11.1 Å². The van der Waals surface area contributed by atoms with E-state index in [9.17, 15) is 10.5 Å². The molecule has 0 aromatic heterocycles. The maximum atomic E-state index is 9.81. The highest BCUT2D eigenvalue weighted by Crippen LogP contribution is 2.34. The highest BCUT2D eigenvalue weighted by Gasteiger charge is 2.16. The first-order valence-electron chi connectivity index (χ1n) is 8.57. The molecule has 0 saturated carbocycles. The van der Waals surface area contributed by atoms with E-state index in [4.69, 9.17) is 0 Å². The molecule has 0 heterocycles. The summed E-state index contributed by atoms with van der Waals surface area (Å²) in [5, 5.41) is 19.6. The lowest BCUT2D eigenvalue weighted by Crippen LogP contribution is -1.95. The molecule has 0 aliphatic carbocycles. The van der Waals surface area contributed by atoms with Crippen LogP contribution in [0.25, 0.3) is 22.3 Å². The molecule has 0 amide bonds. The van der Waals surface area contributed by atoms with Gasteiger partial charge in [0.05, 0.1) is 11.1 Å². The predicted molar refractivity (Wildman–Crippen MR) is 106 cm³/mol. The summed E-state index contributed by atoms with van der Waals surface area (Å²) < 4.78 is 0. The van der Waals surface area contributed by atoms with Crippen molar-refractivity contribution in [2.24, 2.45) is 0 Å². The molecule has 0 bridgehead atoms. The van der Waals surface area contributed by atoms with Gasteiger partial charge >= 0.3 is 0 Å². The molecule has 26 heavy (non-hydrogen) atoms. The van der Waals surface area contributed by atoms with E-state index in [1.165, 1.54) is 0 Å². The second-order valence-electron chi connectivity index (χ2n) is 6.89.